The van der Waals surface area contributed by atoms with E-state index in [1.807, 2.05) is 0 Å². The molecule has 2 rings (SSSR count). The lowest BCUT2D eigenvalue weighted by Crippen LogP contribution is -2.42. The lowest BCUT2D eigenvalue weighted by Gasteiger charge is -2.14. The number of carboxylic acids is 1. The molecule has 3 N–H and O–H groups in total. The summed E-state index contributed by atoms with van der Waals surface area (Å²) in [6.07, 6.45) is 4.70. The Labute approximate surface area is 115 Å². The summed E-state index contributed by atoms with van der Waals surface area (Å²) in [5.41, 5.74) is 1.56. The van der Waals surface area contributed by atoms with Crippen molar-refractivity contribution in [1.82, 2.24) is 20.3 Å². The zero-order chi connectivity index (χ0) is 14.5. The molecule has 0 aliphatic heterocycles. The van der Waals surface area contributed by atoms with Crippen LogP contribution >= 0.6 is 0 Å². The van der Waals surface area contributed by atoms with Crippen molar-refractivity contribution < 1.29 is 14.7 Å². The van der Waals surface area contributed by atoms with Gasteiger partial charge in [-0.15, -0.1) is 0 Å². The molecule has 0 aliphatic rings. The van der Waals surface area contributed by atoms with Crippen LogP contribution in [-0.4, -0.2) is 38.0 Å². The maximum Gasteiger partial charge on any atom is 0.326 e. The summed E-state index contributed by atoms with van der Waals surface area (Å²) in [6.45, 7) is 1.69. The lowest BCUT2D eigenvalue weighted by molar-refractivity contribution is -0.139. The van der Waals surface area contributed by atoms with Gasteiger partial charge >= 0.3 is 5.97 Å². The van der Waals surface area contributed by atoms with Crippen LogP contribution in [0.1, 0.15) is 21.7 Å². The number of H-pyrrole nitrogens is 1. The Balaban J connectivity index is 2.10. The fourth-order valence-electron chi connectivity index (χ4n) is 1.78. The third kappa shape index (κ3) is 3.19. The molecule has 2 heterocycles. The normalized spacial score (nSPS) is 11.8. The predicted molar refractivity (Wildman–Crippen MR) is 70.2 cm³/mol. The van der Waals surface area contributed by atoms with Crippen molar-refractivity contribution in [3.63, 3.8) is 0 Å². The van der Waals surface area contributed by atoms with E-state index in [2.05, 4.69) is 20.3 Å². The summed E-state index contributed by atoms with van der Waals surface area (Å²) in [4.78, 5) is 33.9. The van der Waals surface area contributed by atoms with Gasteiger partial charge in [-0.3, -0.25) is 9.78 Å². The Kier molecular flexibility index (Phi) is 4.09. The highest BCUT2D eigenvalue weighted by atomic mass is 16.4. The molecule has 0 bridgehead atoms. The highest BCUT2D eigenvalue weighted by Crippen LogP contribution is 2.05. The number of aryl methyl sites for hydroxylation is 1. The van der Waals surface area contributed by atoms with E-state index >= 15 is 0 Å². The number of rotatable bonds is 5. The number of aliphatic carboxylic acids is 1. The number of aromatic nitrogens is 3. The minimum Gasteiger partial charge on any atom is -0.480 e. The number of carbonyl (C=O) groups is 2. The number of imidazole rings is 1. The molecule has 0 aromatic carbocycles. The minimum absolute atomic E-state index is 0.139. The minimum atomic E-state index is -1.10. The molecule has 0 aliphatic carbocycles. The van der Waals surface area contributed by atoms with Crippen molar-refractivity contribution in [2.75, 3.05) is 0 Å². The third-order valence-corrected chi connectivity index (χ3v) is 2.83. The number of pyridine rings is 1. The largest absolute Gasteiger partial charge is 0.480 e. The van der Waals surface area contributed by atoms with Gasteiger partial charge in [-0.25, -0.2) is 9.78 Å². The standard InChI is InChI=1S/C13H14N4O3/c1-8-10(3-2-4-15-8)12(18)17-11(13(19)20)5-9-6-14-7-16-9/h2-4,6-7,11H,5H2,1H3,(H,14,16)(H,17,18)(H,19,20). The summed E-state index contributed by atoms with van der Waals surface area (Å²) in [7, 11) is 0. The van der Waals surface area contributed by atoms with Gasteiger partial charge in [-0.05, 0) is 19.1 Å². The highest BCUT2D eigenvalue weighted by molar-refractivity contribution is 5.97. The average Bonchev–Trinajstić information content (AvgIpc) is 2.91. The van der Waals surface area contributed by atoms with Gasteiger partial charge in [0.1, 0.15) is 6.04 Å². The molecule has 1 unspecified atom stereocenters. The molecule has 0 fully saturated rings. The molecule has 2 aromatic heterocycles. The summed E-state index contributed by atoms with van der Waals surface area (Å²) in [5.74, 6) is -1.56. The molecule has 20 heavy (non-hydrogen) atoms. The molecule has 7 nitrogen and oxygen atoms in total. The van der Waals surface area contributed by atoms with Crippen LogP contribution in [0.5, 0.6) is 0 Å². The maximum atomic E-state index is 12.1. The maximum absolute atomic E-state index is 12.1. The first-order valence-corrected chi connectivity index (χ1v) is 6.00. The summed E-state index contributed by atoms with van der Waals surface area (Å²) in [5, 5.41) is 11.7. The number of nitrogens with one attached hydrogen (secondary N) is 2. The SMILES string of the molecule is Cc1ncccc1C(=O)NC(Cc1cnc[nH]1)C(=O)O. The topological polar surface area (TPSA) is 108 Å². The lowest BCUT2D eigenvalue weighted by atomic mass is 10.1. The molecule has 2 aromatic rings. The van der Waals surface area contributed by atoms with Gasteiger partial charge in [0.05, 0.1) is 11.9 Å². The first-order chi connectivity index (χ1) is 9.58. The van der Waals surface area contributed by atoms with Crippen LogP contribution in [0.2, 0.25) is 0 Å². The Hall–Kier alpha value is -2.70. The van der Waals surface area contributed by atoms with Crippen molar-refractivity contribution in [3.05, 3.63) is 47.8 Å². The van der Waals surface area contributed by atoms with Crippen molar-refractivity contribution in [2.24, 2.45) is 0 Å². The third-order valence-electron chi connectivity index (χ3n) is 2.83. The second-order valence-electron chi connectivity index (χ2n) is 4.28. The summed E-state index contributed by atoms with van der Waals surface area (Å²) < 4.78 is 0. The highest BCUT2D eigenvalue weighted by Gasteiger charge is 2.22. The summed E-state index contributed by atoms with van der Waals surface area (Å²) >= 11 is 0. The van der Waals surface area contributed by atoms with Crippen LogP contribution in [0.25, 0.3) is 0 Å². The summed E-state index contributed by atoms with van der Waals surface area (Å²) in [6, 6.07) is 2.21. The number of hydrogen-bond donors (Lipinski definition) is 3. The van der Waals surface area contributed by atoms with E-state index in [1.54, 1.807) is 25.3 Å². The fraction of sp³-hybridized carbons (Fsp3) is 0.231. The molecule has 104 valence electrons. The van der Waals surface area contributed by atoms with Gasteiger partial charge in [0.15, 0.2) is 0 Å². The van der Waals surface area contributed by atoms with E-state index in [4.69, 9.17) is 0 Å². The Morgan fingerprint density at radius 2 is 2.30 bits per heavy atom. The number of hydrogen-bond acceptors (Lipinski definition) is 4. The molecular weight excluding hydrogens is 260 g/mol. The van der Waals surface area contributed by atoms with Crippen molar-refractivity contribution in [3.8, 4) is 0 Å². The second kappa shape index (κ2) is 5.96. The van der Waals surface area contributed by atoms with E-state index in [1.165, 1.54) is 12.5 Å². The zero-order valence-corrected chi connectivity index (χ0v) is 10.8. The van der Waals surface area contributed by atoms with Crippen LogP contribution in [0.3, 0.4) is 0 Å². The van der Waals surface area contributed by atoms with Gasteiger partial charge in [0.2, 0.25) is 0 Å². The smallest absolute Gasteiger partial charge is 0.326 e. The molecule has 0 radical (unpaired) electrons. The molecule has 0 saturated carbocycles. The van der Waals surface area contributed by atoms with Gasteiger partial charge in [-0.2, -0.15) is 0 Å². The molecule has 1 atom stereocenters. The van der Waals surface area contributed by atoms with E-state index in [0.717, 1.165) is 0 Å². The Morgan fingerprint density at radius 3 is 2.90 bits per heavy atom. The van der Waals surface area contributed by atoms with E-state index < -0.39 is 17.9 Å². The quantitative estimate of drug-likeness (QED) is 0.737. The number of aromatic amines is 1. The van der Waals surface area contributed by atoms with Crippen molar-refractivity contribution in [1.29, 1.82) is 0 Å². The number of nitrogens with zero attached hydrogens (tertiary/aromatic N) is 2. The van der Waals surface area contributed by atoms with Gasteiger partial charge in [0.25, 0.3) is 5.91 Å². The molecule has 0 spiro atoms. The van der Waals surface area contributed by atoms with Crippen LogP contribution in [0, 0.1) is 6.92 Å². The Morgan fingerprint density at radius 1 is 1.50 bits per heavy atom. The fourth-order valence-corrected chi connectivity index (χ4v) is 1.78. The van der Waals surface area contributed by atoms with E-state index in [0.29, 0.717) is 17.0 Å². The van der Waals surface area contributed by atoms with Crippen LogP contribution in [0.15, 0.2) is 30.9 Å². The molecule has 1 amide bonds. The van der Waals surface area contributed by atoms with Crippen LogP contribution in [0.4, 0.5) is 0 Å². The van der Waals surface area contributed by atoms with Crippen molar-refractivity contribution >= 4 is 11.9 Å². The number of carbonyl (C=O) groups excluding carboxylic acids is 1. The number of carboxylic acid groups (broad SMARTS) is 1. The van der Waals surface area contributed by atoms with E-state index in [-0.39, 0.29) is 6.42 Å². The van der Waals surface area contributed by atoms with Crippen LogP contribution in [-0.2, 0) is 11.2 Å². The van der Waals surface area contributed by atoms with Gasteiger partial charge < -0.3 is 15.4 Å². The average molecular weight is 274 g/mol. The van der Waals surface area contributed by atoms with Gasteiger partial charge in [0, 0.05) is 30.2 Å². The number of amides is 1. The van der Waals surface area contributed by atoms with Gasteiger partial charge in [-0.1, -0.05) is 0 Å². The zero-order valence-electron chi connectivity index (χ0n) is 10.8. The molecular formula is C13H14N4O3. The molecule has 7 heteroatoms. The second-order valence-corrected chi connectivity index (χ2v) is 4.28. The van der Waals surface area contributed by atoms with Crippen LogP contribution < -0.4 is 5.32 Å². The van der Waals surface area contributed by atoms with Crippen molar-refractivity contribution in [2.45, 2.75) is 19.4 Å². The first kappa shape index (κ1) is 13.7. The first-order valence-electron chi connectivity index (χ1n) is 6.00. The molecule has 0 saturated heterocycles. The monoisotopic (exact) mass is 274 g/mol. The predicted octanol–water partition coefficient (Wildman–Crippen LogP) is 0.539. The van der Waals surface area contributed by atoms with E-state index in [9.17, 15) is 14.7 Å². The Bertz CT molecular complexity index is 610.